The highest BCUT2D eigenvalue weighted by Crippen LogP contribution is 2.21. The van der Waals surface area contributed by atoms with Crippen molar-refractivity contribution < 1.29 is 38.1 Å². The molecule has 0 bridgehead atoms. The maximum absolute atomic E-state index is 13.2. The lowest BCUT2D eigenvalue weighted by Crippen LogP contribution is -2.49. The van der Waals surface area contributed by atoms with E-state index in [1.54, 1.807) is 91.0 Å². The lowest BCUT2D eigenvalue weighted by atomic mass is 10.1. The van der Waals surface area contributed by atoms with Crippen LogP contribution in [0.3, 0.4) is 0 Å². The summed E-state index contributed by atoms with van der Waals surface area (Å²) < 4.78 is 22.9. The second kappa shape index (κ2) is 14.2. The van der Waals surface area contributed by atoms with E-state index in [1.165, 1.54) is 24.3 Å². The van der Waals surface area contributed by atoms with Gasteiger partial charge in [0.1, 0.15) is 12.4 Å². The number of aryl methyl sites for hydroxylation is 1. The van der Waals surface area contributed by atoms with Crippen molar-refractivity contribution in [1.82, 2.24) is 0 Å². The summed E-state index contributed by atoms with van der Waals surface area (Å²) in [6.45, 7) is 1.47. The SMILES string of the molecule is Cc1ccc(O[C@H](COC(=O)c2ccccc2)[C@H](OC(=O)c2ccccc2)[C@H](C=O)OC(=O)c2ccccc2)cc1. The molecule has 8 nitrogen and oxygen atoms in total. The number of carbonyl (C=O) groups excluding carboxylic acids is 4. The Labute approximate surface area is 237 Å². The van der Waals surface area contributed by atoms with Gasteiger partial charge < -0.3 is 18.9 Å². The number of esters is 3. The molecule has 3 atom stereocenters. The summed E-state index contributed by atoms with van der Waals surface area (Å²) in [5.41, 5.74) is 1.66. The Morgan fingerprint density at radius 1 is 0.634 bits per heavy atom. The number of benzene rings is 4. The first-order valence-electron chi connectivity index (χ1n) is 12.9. The van der Waals surface area contributed by atoms with Crippen molar-refractivity contribution in [3.8, 4) is 5.75 Å². The number of ether oxygens (including phenoxy) is 4. The third-order valence-electron chi connectivity index (χ3n) is 6.03. The van der Waals surface area contributed by atoms with Gasteiger partial charge in [0, 0.05) is 0 Å². The molecule has 8 heteroatoms. The van der Waals surface area contributed by atoms with Crippen molar-refractivity contribution in [1.29, 1.82) is 0 Å². The maximum Gasteiger partial charge on any atom is 0.338 e. The molecule has 4 aromatic carbocycles. The van der Waals surface area contributed by atoms with E-state index in [-0.39, 0.29) is 11.1 Å². The van der Waals surface area contributed by atoms with Crippen molar-refractivity contribution in [2.24, 2.45) is 0 Å². The van der Waals surface area contributed by atoms with Crippen LogP contribution in [0.1, 0.15) is 36.6 Å². The molecule has 4 rings (SSSR count). The van der Waals surface area contributed by atoms with Crippen LogP contribution in [0.15, 0.2) is 115 Å². The molecule has 0 N–H and O–H groups in total. The predicted molar refractivity (Wildman–Crippen MR) is 150 cm³/mol. The number of hydrogen-bond acceptors (Lipinski definition) is 8. The van der Waals surface area contributed by atoms with Gasteiger partial charge in [-0.15, -0.1) is 0 Å². The molecule has 0 aliphatic carbocycles. The topological polar surface area (TPSA) is 105 Å². The van der Waals surface area contributed by atoms with Crippen LogP contribution in [0.5, 0.6) is 5.75 Å². The minimum absolute atomic E-state index is 0.194. The first kappa shape index (κ1) is 28.8. The van der Waals surface area contributed by atoms with Crippen molar-refractivity contribution in [2.45, 2.75) is 25.2 Å². The first-order chi connectivity index (χ1) is 19.9. The van der Waals surface area contributed by atoms with Crippen LogP contribution in [-0.2, 0) is 19.0 Å². The van der Waals surface area contributed by atoms with Crippen LogP contribution in [0.2, 0.25) is 0 Å². The summed E-state index contributed by atoms with van der Waals surface area (Å²) in [5.74, 6) is -1.89. The van der Waals surface area contributed by atoms with Gasteiger partial charge in [-0.25, -0.2) is 14.4 Å². The second-order valence-corrected chi connectivity index (χ2v) is 9.04. The molecule has 0 amide bonds. The maximum atomic E-state index is 13.2. The van der Waals surface area contributed by atoms with Gasteiger partial charge in [-0.2, -0.15) is 0 Å². The van der Waals surface area contributed by atoms with E-state index >= 15 is 0 Å². The fourth-order valence-electron chi connectivity index (χ4n) is 3.86. The van der Waals surface area contributed by atoms with Crippen LogP contribution < -0.4 is 4.74 Å². The minimum Gasteiger partial charge on any atom is -0.483 e. The Balaban J connectivity index is 1.66. The van der Waals surface area contributed by atoms with Crippen LogP contribution in [0.25, 0.3) is 0 Å². The number of hydrogen-bond donors (Lipinski definition) is 0. The summed E-state index contributed by atoms with van der Waals surface area (Å²) in [6.07, 6.45) is -3.97. The van der Waals surface area contributed by atoms with Crippen molar-refractivity contribution in [2.75, 3.05) is 6.61 Å². The van der Waals surface area contributed by atoms with Crippen LogP contribution in [0, 0.1) is 6.92 Å². The molecule has 0 aliphatic rings. The quantitative estimate of drug-likeness (QED) is 0.133. The standard InChI is InChI=1S/C33H28O8/c1-23-17-19-27(20-18-23)39-29(22-38-31(35)24-11-5-2-6-12-24)30(41-33(37)26-15-9-4-10-16-26)28(21-34)40-32(36)25-13-7-3-8-14-25/h2-21,28-30H,22H2,1H3/t28-,29+,30+/m0/s1. The smallest absolute Gasteiger partial charge is 0.338 e. The van der Waals surface area contributed by atoms with E-state index in [0.29, 0.717) is 17.6 Å². The number of rotatable bonds is 12. The molecule has 0 saturated carbocycles. The molecule has 208 valence electrons. The molecule has 0 unspecified atom stereocenters. The Kier molecular flexibility index (Phi) is 9.98. The highest BCUT2D eigenvalue weighted by Gasteiger charge is 2.39. The van der Waals surface area contributed by atoms with Gasteiger partial charge in [-0.05, 0) is 55.5 Å². The lowest BCUT2D eigenvalue weighted by Gasteiger charge is -2.30. The van der Waals surface area contributed by atoms with Crippen molar-refractivity contribution in [3.05, 3.63) is 138 Å². The Hall–Kier alpha value is -5.24. The monoisotopic (exact) mass is 552 g/mol. The average molecular weight is 553 g/mol. The van der Waals surface area contributed by atoms with Crippen LogP contribution in [0.4, 0.5) is 0 Å². The normalized spacial score (nSPS) is 12.7. The molecule has 41 heavy (non-hydrogen) atoms. The third kappa shape index (κ3) is 8.12. The van der Waals surface area contributed by atoms with E-state index in [9.17, 15) is 19.2 Å². The number of aldehydes is 1. The molecule has 0 heterocycles. The summed E-state index contributed by atoms with van der Waals surface area (Å²) in [6, 6.07) is 31.5. The van der Waals surface area contributed by atoms with E-state index < -0.39 is 42.8 Å². The molecular formula is C33H28O8. The van der Waals surface area contributed by atoms with Gasteiger partial charge >= 0.3 is 17.9 Å². The summed E-state index contributed by atoms with van der Waals surface area (Å²) in [5, 5.41) is 0. The molecule has 0 aliphatic heterocycles. The van der Waals surface area contributed by atoms with Gasteiger partial charge in [0.05, 0.1) is 16.7 Å². The van der Waals surface area contributed by atoms with E-state index in [0.717, 1.165) is 5.56 Å². The molecule has 4 aromatic rings. The van der Waals surface area contributed by atoms with E-state index in [4.69, 9.17) is 18.9 Å². The predicted octanol–water partition coefficient (Wildman–Crippen LogP) is 5.25. The Morgan fingerprint density at radius 3 is 1.59 bits per heavy atom. The largest absolute Gasteiger partial charge is 0.483 e. The van der Waals surface area contributed by atoms with E-state index in [1.807, 2.05) is 6.92 Å². The highest BCUT2D eigenvalue weighted by molar-refractivity contribution is 5.91. The zero-order chi connectivity index (χ0) is 29.0. The fourth-order valence-corrected chi connectivity index (χ4v) is 3.86. The summed E-state index contributed by atoms with van der Waals surface area (Å²) >= 11 is 0. The average Bonchev–Trinajstić information content (AvgIpc) is 3.02. The zero-order valence-corrected chi connectivity index (χ0v) is 22.3. The van der Waals surface area contributed by atoms with Gasteiger partial charge in [-0.3, -0.25) is 4.79 Å². The van der Waals surface area contributed by atoms with E-state index in [2.05, 4.69) is 0 Å². The van der Waals surface area contributed by atoms with Gasteiger partial charge in [0.25, 0.3) is 0 Å². The van der Waals surface area contributed by atoms with Crippen LogP contribution in [-0.4, -0.2) is 49.1 Å². The van der Waals surface area contributed by atoms with Gasteiger partial charge in [0.2, 0.25) is 0 Å². The molecule has 0 saturated heterocycles. The fraction of sp³-hybridized carbons (Fsp3) is 0.152. The third-order valence-corrected chi connectivity index (χ3v) is 6.03. The minimum atomic E-state index is -1.60. The van der Waals surface area contributed by atoms with Crippen molar-refractivity contribution in [3.63, 3.8) is 0 Å². The second-order valence-electron chi connectivity index (χ2n) is 9.04. The highest BCUT2D eigenvalue weighted by atomic mass is 16.6. The molecule has 0 aromatic heterocycles. The lowest BCUT2D eigenvalue weighted by molar-refractivity contribution is -0.129. The molecule has 0 spiro atoms. The Bertz CT molecular complexity index is 1440. The van der Waals surface area contributed by atoms with Gasteiger partial charge in [-0.1, -0.05) is 72.3 Å². The molecule has 0 fully saturated rings. The number of carbonyl (C=O) groups is 4. The van der Waals surface area contributed by atoms with Crippen molar-refractivity contribution >= 4 is 24.2 Å². The first-order valence-corrected chi connectivity index (χ1v) is 12.9. The summed E-state index contributed by atoms with van der Waals surface area (Å²) in [4.78, 5) is 51.2. The summed E-state index contributed by atoms with van der Waals surface area (Å²) in [7, 11) is 0. The zero-order valence-electron chi connectivity index (χ0n) is 22.3. The molecule has 0 radical (unpaired) electrons. The van der Waals surface area contributed by atoms with Gasteiger partial charge in [0.15, 0.2) is 24.6 Å². The van der Waals surface area contributed by atoms with Crippen LogP contribution >= 0.6 is 0 Å². The molecular weight excluding hydrogens is 524 g/mol. The Morgan fingerprint density at radius 2 is 1.10 bits per heavy atom.